The van der Waals surface area contributed by atoms with E-state index in [1.54, 1.807) is 18.2 Å². The fourth-order valence-electron chi connectivity index (χ4n) is 2.66. The second kappa shape index (κ2) is 8.88. The van der Waals surface area contributed by atoms with Gasteiger partial charge in [0, 0.05) is 41.8 Å². The lowest BCUT2D eigenvalue weighted by Gasteiger charge is -2.21. The van der Waals surface area contributed by atoms with E-state index in [1.807, 2.05) is 0 Å². The van der Waals surface area contributed by atoms with Crippen molar-refractivity contribution in [1.82, 2.24) is 19.4 Å². The number of nitrogen functional groups attached to an aromatic ring is 1. The lowest BCUT2D eigenvalue weighted by molar-refractivity contribution is -0.222. The largest absolute Gasteiger partial charge is 0.492 e. The van der Waals surface area contributed by atoms with Gasteiger partial charge in [0.2, 0.25) is 5.95 Å². The molecule has 2 heterocycles. The van der Waals surface area contributed by atoms with Crippen LogP contribution >= 0.6 is 0 Å². The third-order valence-electron chi connectivity index (χ3n) is 4.15. The minimum absolute atomic E-state index is 0.00480. The molecule has 0 spiro atoms. The van der Waals surface area contributed by atoms with Gasteiger partial charge in [-0.05, 0) is 23.5 Å². The van der Waals surface area contributed by atoms with Crippen molar-refractivity contribution >= 4 is 21.9 Å². The lowest BCUT2D eigenvalue weighted by Crippen LogP contribution is -2.38. The maximum absolute atomic E-state index is 13.0. The normalized spacial score (nSPS) is 12.0. The summed E-state index contributed by atoms with van der Waals surface area (Å²) in [5.74, 6) is -2.55. The Morgan fingerprint density at radius 3 is 2.22 bits per heavy atom. The molecule has 0 aliphatic carbocycles. The highest BCUT2D eigenvalue weighted by molar-refractivity contribution is 7.89. The van der Waals surface area contributed by atoms with Gasteiger partial charge in [0.05, 0.1) is 10.6 Å². The number of halogens is 3. The molecule has 0 fully saturated rings. The number of hydrogen-bond donors (Lipinski definition) is 1. The van der Waals surface area contributed by atoms with Gasteiger partial charge in [-0.2, -0.15) is 13.2 Å². The first kappa shape index (κ1) is 23.1. The van der Waals surface area contributed by atoms with Gasteiger partial charge in [-0.3, -0.25) is 4.98 Å². The Kier molecular flexibility index (Phi) is 6.41. The van der Waals surface area contributed by atoms with Gasteiger partial charge in [0.1, 0.15) is 0 Å². The fourth-order valence-corrected chi connectivity index (χ4v) is 4.10. The van der Waals surface area contributed by atoms with E-state index in [0.29, 0.717) is 16.8 Å². The van der Waals surface area contributed by atoms with E-state index in [2.05, 4.69) is 19.8 Å². The van der Waals surface area contributed by atoms with Crippen molar-refractivity contribution in [2.75, 3.05) is 12.3 Å². The van der Waals surface area contributed by atoms with Crippen LogP contribution in [0.25, 0.3) is 22.4 Å². The average Bonchev–Trinajstić information content (AvgIpc) is 2.77. The Balaban J connectivity index is 1.97. The summed E-state index contributed by atoms with van der Waals surface area (Å²) >= 11 is 0. The van der Waals surface area contributed by atoms with E-state index in [-0.39, 0.29) is 20.9 Å². The molecule has 0 bridgehead atoms. The Hall–Kier alpha value is -3.58. The summed E-state index contributed by atoms with van der Waals surface area (Å²) in [5.41, 5.74) is 7.03. The maximum Gasteiger partial charge on any atom is 0.492 e. The minimum Gasteiger partial charge on any atom is -0.368 e. The van der Waals surface area contributed by atoms with Crippen molar-refractivity contribution in [1.29, 1.82) is 0 Å². The van der Waals surface area contributed by atoms with Crippen LogP contribution in [0.15, 0.2) is 59.9 Å². The molecule has 0 radical (unpaired) electrons. The number of hydroxylamine groups is 1. The average molecular weight is 467 g/mol. The van der Waals surface area contributed by atoms with Crippen molar-refractivity contribution in [2.45, 2.75) is 18.0 Å². The second-order valence-corrected chi connectivity index (χ2v) is 8.06. The van der Waals surface area contributed by atoms with E-state index in [1.165, 1.54) is 43.7 Å². The van der Waals surface area contributed by atoms with Crippen molar-refractivity contribution in [3.63, 3.8) is 0 Å². The Bertz CT molecular complexity index is 1220. The molecule has 168 valence electrons. The molecular weight excluding hydrogens is 451 g/mol. The number of pyridine rings is 1. The van der Waals surface area contributed by atoms with E-state index < -0.39 is 28.7 Å². The topological polar surface area (TPSA) is 128 Å². The van der Waals surface area contributed by atoms with Crippen LogP contribution in [-0.2, 0) is 19.7 Å². The number of sulfonamides is 1. The smallest absolute Gasteiger partial charge is 0.368 e. The van der Waals surface area contributed by atoms with Crippen LogP contribution in [0.3, 0.4) is 0 Å². The summed E-state index contributed by atoms with van der Waals surface area (Å²) in [6.45, 7) is 0.696. The highest BCUT2D eigenvalue weighted by atomic mass is 32.2. The molecule has 3 rings (SSSR count). The molecule has 0 unspecified atom stereocenters. The maximum atomic E-state index is 13.0. The molecule has 0 aliphatic heterocycles. The number of benzene rings is 1. The molecule has 0 saturated heterocycles. The monoisotopic (exact) mass is 467 g/mol. The van der Waals surface area contributed by atoms with Crippen molar-refractivity contribution in [3.05, 3.63) is 55.0 Å². The first-order valence-corrected chi connectivity index (χ1v) is 10.4. The van der Waals surface area contributed by atoms with E-state index in [4.69, 9.17) is 5.73 Å². The van der Waals surface area contributed by atoms with Crippen molar-refractivity contribution in [2.24, 2.45) is 0 Å². The zero-order valence-corrected chi connectivity index (χ0v) is 17.3. The van der Waals surface area contributed by atoms with Gasteiger partial charge >= 0.3 is 12.1 Å². The summed E-state index contributed by atoms with van der Waals surface area (Å²) < 4.78 is 63.6. The molecule has 13 heteroatoms. The van der Waals surface area contributed by atoms with Crippen LogP contribution in [-0.4, -0.2) is 46.5 Å². The Labute approximate surface area is 180 Å². The van der Waals surface area contributed by atoms with E-state index in [9.17, 15) is 26.4 Å². The van der Waals surface area contributed by atoms with Crippen LogP contribution in [0, 0.1) is 0 Å². The molecule has 9 nitrogen and oxygen atoms in total. The summed E-state index contributed by atoms with van der Waals surface area (Å²) in [7, 11) is -4.62. The van der Waals surface area contributed by atoms with Crippen LogP contribution in [0.1, 0.15) is 6.92 Å². The van der Waals surface area contributed by atoms with Crippen LogP contribution in [0.4, 0.5) is 19.1 Å². The van der Waals surface area contributed by atoms with Gasteiger partial charge in [-0.1, -0.05) is 24.3 Å². The third-order valence-corrected chi connectivity index (χ3v) is 5.93. The Morgan fingerprint density at radius 1 is 1.03 bits per heavy atom. The summed E-state index contributed by atoms with van der Waals surface area (Å²) in [6.07, 6.45) is -1.03. The SMILES string of the molecule is CCN(OC(=O)C(F)(F)F)S(=O)(=O)c1ccccc1-c1ccc(-c2cnc(N)nc2)nc1. The number of carbonyl (C=O) groups excluding carboxylic acids is 1. The van der Waals surface area contributed by atoms with E-state index in [0.717, 1.165) is 0 Å². The Morgan fingerprint density at radius 2 is 1.66 bits per heavy atom. The van der Waals surface area contributed by atoms with Crippen LogP contribution in [0.2, 0.25) is 0 Å². The fraction of sp³-hybridized carbons (Fsp3) is 0.158. The molecule has 1 aromatic carbocycles. The van der Waals surface area contributed by atoms with Crippen LogP contribution < -0.4 is 5.73 Å². The lowest BCUT2D eigenvalue weighted by atomic mass is 10.1. The summed E-state index contributed by atoms with van der Waals surface area (Å²) in [5, 5.41) is 0. The molecule has 32 heavy (non-hydrogen) atoms. The van der Waals surface area contributed by atoms with Gasteiger partial charge in [0.15, 0.2) is 0 Å². The highest BCUT2D eigenvalue weighted by Crippen LogP contribution is 2.31. The number of aromatic nitrogens is 3. The first-order valence-electron chi connectivity index (χ1n) is 8.99. The third kappa shape index (κ3) is 4.84. The number of carbonyl (C=O) groups is 1. The predicted molar refractivity (Wildman–Crippen MR) is 107 cm³/mol. The number of nitrogens with two attached hydrogens (primary N) is 1. The molecule has 2 N–H and O–H groups in total. The van der Waals surface area contributed by atoms with Crippen molar-refractivity contribution < 1.29 is 31.2 Å². The second-order valence-electron chi connectivity index (χ2n) is 6.26. The molecule has 2 aromatic heterocycles. The summed E-state index contributed by atoms with van der Waals surface area (Å²) in [4.78, 5) is 26.9. The quantitative estimate of drug-likeness (QED) is 0.548. The van der Waals surface area contributed by atoms with Gasteiger partial charge in [-0.15, -0.1) is 0 Å². The molecule has 0 saturated carbocycles. The summed E-state index contributed by atoms with van der Waals surface area (Å²) in [6, 6.07) is 8.75. The number of anilines is 1. The standard InChI is InChI=1S/C19H16F3N5O4S/c1-2-27(31-17(28)19(20,21)22)32(29,30)16-6-4-3-5-14(16)12-7-8-15(24-9-12)13-10-25-18(23)26-11-13/h3-11H,2H2,1H3,(H2,23,25,26). The minimum atomic E-state index is -5.35. The van der Waals surface area contributed by atoms with Gasteiger partial charge in [0.25, 0.3) is 10.0 Å². The number of hydrogen-bond acceptors (Lipinski definition) is 8. The van der Waals surface area contributed by atoms with Crippen molar-refractivity contribution in [3.8, 4) is 22.4 Å². The predicted octanol–water partition coefficient (Wildman–Crippen LogP) is 2.82. The zero-order valence-electron chi connectivity index (χ0n) is 16.4. The highest BCUT2D eigenvalue weighted by Gasteiger charge is 2.44. The van der Waals surface area contributed by atoms with Gasteiger partial charge in [-0.25, -0.2) is 23.2 Å². The van der Waals surface area contributed by atoms with Gasteiger partial charge < -0.3 is 10.6 Å². The molecule has 0 atom stereocenters. The number of rotatable bonds is 6. The first-order chi connectivity index (χ1) is 15.0. The zero-order chi connectivity index (χ0) is 23.5. The van der Waals surface area contributed by atoms with E-state index >= 15 is 0 Å². The van der Waals surface area contributed by atoms with Crippen LogP contribution in [0.5, 0.6) is 0 Å². The molecule has 0 aliphatic rings. The molecule has 0 amide bonds. The molecule has 3 aromatic rings. The number of nitrogens with zero attached hydrogens (tertiary/aromatic N) is 4. The number of alkyl halides is 3. The molecular formula is C19H16F3N5O4S.